The molecule has 1 unspecified atom stereocenters. The van der Waals surface area contributed by atoms with Gasteiger partial charge in [0.25, 0.3) is 5.91 Å². The van der Waals surface area contributed by atoms with E-state index in [0.717, 1.165) is 5.75 Å². The van der Waals surface area contributed by atoms with Crippen molar-refractivity contribution in [2.45, 2.75) is 12.0 Å². The van der Waals surface area contributed by atoms with Crippen molar-refractivity contribution < 1.29 is 14.7 Å². The number of carboxylic acid groups (broad SMARTS) is 1. The van der Waals surface area contributed by atoms with Crippen LogP contribution in [0.3, 0.4) is 0 Å². The molecule has 0 saturated carbocycles. The SMILES string of the molecule is O=C(NC1(C(=O)O)CCSC1)c1sccc1Cl. The largest absolute Gasteiger partial charge is 0.479 e. The van der Waals surface area contributed by atoms with E-state index >= 15 is 0 Å². The molecule has 2 heterocycles. The van der Waals surface area contributed by atoms with Crippen LogP contribution in [0.2, 0.25) is 5.02 Å². The maximum absolute atomic E-state index is 11.9. The van der Waals surface area contributed by atoms with Crippen LogP contribution in [0.4, 0.5) is 0 Å². The Kier molecular flexibility index (Phi) is 3.65. The van der Waals surface area contributed by atoms with Gasteiger partial charge in [-0.15, -0.1) is 11.3 Å². The Bertz CT molecular complexity index is 454. The quantitative estimate of drug-likeness (QED) is 0.895. The highest BCUT2D eigenvalue weighted by molar-refractivity contribution is 7.99. The van der Waals surface area contributed by atoms with Crippen molar-refractivity contribution >= 4 is 46.6 Å². The number of carbonyl (C=O) groups excluding carboxylic acids is 1. The Morgan fingerprint density at radius 2 is 2.29 bits per heavy atom. The number of rotatable bonds is 3. The van der Waals surface area contributed by atoms with Gasteiger partial charge in [0.15, 0.2) is 0 Å². The predicted octanol–water partition coefficient (Wildman–Crippen LogP) is 2.09. The van der Waals surface area contributed by atoms with Crippen LogP contribution in [0.5, 0.6) is 0 Å². The number of carbonyl (C=O) groups is 2. The van der Waals surface area contributed by atoms with Crippen molar-refractivity contribution in [1.82, 2.24) is 5.32 Å². The molecule has 0 radical (unpaired) electrons. The first-order valence-electron chi connectivity index (χ1n) is 4.92. The zero-order chi connectivity index (χ0) is 12.5. The van der Waals surface area contributed by atoms with Gasteiger partial charge in [0, 0.05) is 5.75 Å². The molecule has 1 aromatic heterocycles. The van der Waals surface area contributed by atoms with Gasteiger partial charge in [-0.3, -0.25) is 4.79 Å². The summed E-state index contributed by atoms with van der Waals surface area (Å²) in [5.41, 5.74) is -1.14. The molecule has 0 spiro atoms. The van der Waals surface area contributed by atoms with Crippen LogP contribution < -0.4 is 5.32 Å². The Hall–Kier alpha value is -0.720. The van der Waals surface area contributed by atoms with E-state index in [0.29, 0.717) is 22.1 Å². The summed E-state index contributed by atoms with van der Waals surface area (Å²) in [5, 5.41) is 13.9. The molecule has 7 heteroatoms. The number of nitrogens with one attached hydrogen (secondary N) is 1. The summed E-state index contributed by atoms with van der Waals surface area (Å²) in [7, 11) is 0. The van der Waals surface area contributed by atoms with Gasteiger partial charge in [0.05, 0.1) is 5.02 Å². The molecule has 0 aromatic carbocycles. The summed E-state index contributed by atoms with van der Waals surface area (Å²) in [6, 6.07) is 1.62. The average molecular weight is 292 g/mol. The third kappa shape index (κ3) is 2.43. The summed E-state index contributed by atoms with van der Waals surface area (Å²) >= 11 is 8.58. The fourth-order valence-electron chi connectivity index (χ4n) is 1.62. The average Bonchev–Trinajstić information content (AvgIpc) is 2.87. The molecule has 1 aromatic rings. The monoisotopic (exact) mass is 291 g/mol. The smallest absolute Gasteiger partial charge is 0.330 e. The molecule has 17 heavy (non-hydrogen) atoms. The van der Waals surface area contributed by atoms with Crippen molar-refractivity contribution in [3.8, 4) is 0 Å². The van der Waals surface area contributed by atoms with Gasteiger partial charge in [-0.25, -0.2) is 4.79 Å². The fraction of sp³-hybridized carbons (Fsp3) is 0.400. The highest BCUT2D eigenvalue weighted by Gasteiger charge is 2.43. The number of halogens is 1. The van der Waals surface area contributed by atoms with E-state index in [9.17, 15) is 14.7 Å². The topological polar surface area (TPSA) is 66.4 Å². The molecule has 92 valence electrons. The van der Waals surface area contributed by atoms with E-state index in [4.69, 9.17) is 11.6 Å². The third-order valence-corrected chi connectivity index (χ3v) is 5.14. The van der Waals surface area contributed by atoms with Gasteiger partial charge in [-0.1, -0.05) is 11.6 Å². The first-order chi connectivity index (χ1) is 8.05. The number of carboxylic acids is 1. The predicted molar refractivity (Wildman–Crippen MR) is 69.1 cm³/mol. The lowest BCUT2D eigenvalue weighted by Crippen LogP contribution is -2.54. The van der Waals surface area contributed by atoms with Crippen LogP contribution in [0.25, 0.3) is 0 Å². The number of hydrogen-bond acceptors (Lipinski definition) is 4. The molecule has 1 amide bonds. The molecular formula is C10H10ClNO3S2. The minimum atomic E-state index is -1.14. The van der Waals surface area contributed by atoms with Crippen molar-refractivity contribution in [3.63, 3.8) is 0 Å². The van der Waals surface area contributed by atoms with Gasteiger partial charge < -0.3 is 10.4 Å². The van der Waals surface area contributed by atoms with Crippen molar-refractivity contribution in [2.24, 2.45) is 0 Å². The van der Waals surface area contributed by atoms with E-state index in [1.807, 2.05) is 0 Å². The molecule has 1 saturated heterocycles. The van der Waals surface area contributed by atoms with E-state index in [1.165, 1.54) is 23.1 Å². The molecule has 0 aliphatic carbocycles. The Balaban J connectivity index is 2.17. The number of amides is 1. The van der Waals surface area contributed by atoms with Crippen LogP contribution in [-0.4, -0.2) is 34.0 Å². The Morgan fingerprint density at radius 3 is 2.76 bits per heavy atom. The summed E-state index contributed by atoms with van der Waals surface area (Å²) < 4.78 is 0. The maximum Gasteiger partial charge on any atom is 0.330 e. The lowest BCUT2D eigenvalue weighted by molar-refractivity contribution is -0.143. The third-order valence-electron chi connectivity index (χ3n) is 2.61. The number of aliphatic carboxylic acids is 1. The summed E-state index contributed by atoms with van der Waals surface area (Å²) in [4.78, 5) is 23.6. The van der Waals surface area contributed by atoms with Gasteiger partial charge in [-0.05, 0) is 23.6 Å². The van der Waals surface area contributed by atoms with Crippen LogP contribution in [-0.2, 0) is 4.79 Å². The summed E-state index contributed by atoms with van der Waals surface area (Å²) in [6.45, 7) is 0. The van der Waals surface area contributed by atoms with E-state index in [1.54, 1.807) is 11.4 Å². The number of hydrogen-bond donors (Lipinski definition) is 2. The zero-order valence-corrected chi connectivity index (χ0v) is 11.1. The van der Waals surface area contributed by atoms with Crippen molar-refractivity contribution in [1.29, 1.82) is 0 Å². The molecule has 1 atom stereocenters. The van der Waals surface area contributed by atoms with Crippen LogP contribution in [0.1, 0.15) is 16.1 Å². The van der Waals surface area contributed by atoms with Crippen LogP contribution >= 0.6 is 34.7 Å². The van der Waals surface area contributed by atoms with E-state index < -0.39 is 17.4 Å². The van der Waals surface area contributed by atoms with E-state index in [2.05, 4.69) is 5.32 Å². The second-order valence-corrected chi connectivity index (χ2v) is 6.17. The first kappa shape index (κ1) is 12.7. The minimum absolute atomic E-state index is 0.360. The van der Waals surface area contributed by atoms with Crippen molar-refractivity contribution in [3.05, 3.63) is 21.3 Å². The lowest BCUT2D eigenvalue weighted by atomic mass is 9.99. The van der Waals surface area contributed by atoms with Crippen LogP contribution in [0.15, 0.2) is 11.4 Å². The molecule has 0 bridgehead atoms. The minimum Gasteiger partial charge on any atom is -0.479 e. The number of thioether (sulfide) groups is 1. The van der Waals surface area contributed by atoms with Crippen molar-refractivity contribution in [2.75, 3.05) is 11.5 Å². The Morgan fingerprint density at radius 1 is 1.53 bits per heavy atom. The molecular weight excluding hydrogens is 282 g/mol. The summed E-state index contributed by atoms with van der Waals surface area (Å²) in [6.07, 6.45) is 0.446. The molecule has 1 aliphatic heterocycles. The molecule has 1 aliphatic rings. The van der Waals surface area contributed by atoms with E-state index in [-0.39, 0.29) is 0 Å². The highest BCUT2D eigenvalue weighted by Crippen LogP contribution is 2.30. The highest BCUT2D eigenvalue weighted by atomic mass is 35.5. The Labute approximate surface area is 111 Å². The fourth-order valence-corrected chi connectivity index (χ4v) is 3.98. The second kappa shape index (κ2) is 4.88. The van der Waals surface area contributed by atoms with Gasteiger partial charge in [-0.2, -0.15) is 11.8 Å². The zero-order valence-electron chi connectivity index (χ0n) is 8.73. The maximum atomic E-state index is 11.9. The van der Waals surface area contributed by atoms with Gasteiger partial charge in [0.1, 0.15) is 10.4 Å². The van der Waals surface area contributed by atoms with Gasteiger partial charge in [0.2, 0.25) is 0 Å². The number of thiophene rings is 1. The summed E-state index contributed by atoms with van der Waals surface area (Å²) in [5.74, 6) is -0.250. The standard InChI is InChI=1S/C10H10ClNO3S2/c11-6-1-3-17-7(6)8(13)12-10(9(14)15)2-4-16-5-10/h1,3H,2,4-5H2,(H,12,13)(H,14,15). The molecule has 2 N–H and O–H groups in total. The molecule has 2 rings (SSSR count). The molecule has 4 nitrogen and oxygen atoms in total. The first-order valence-corrected chi connectivity index (χ1v) is 7.33. The molecule has 1 fully saturated rings. The second-order valence-electron chi connectivity index (χ2n) is 3.74. The normalized spacial score (nSPS) is 23.6. The van der Waals surface area contributed by atoms with Crippen LogP contribution in [0, 0.1) is 0 Å². The lowest BCUT2D eigenvalue weighted by Gasteiger charge is -2.24. The van der Waals surface area contributed by atoms with Gasteiger partial charge >= 0.3 is 5.97 Å².